The minimum Gasteiger partial charge on any atom is -0.378 e. The lowest BCUT2D eigenvalue weighted by molar-refractivity contribution is -0.179. The van der Waals surface area contributed by atoms with E-state index in [4.69, 9.17) is 14.2 Å². The number of morpholine rings is 1. The van der Waals surface area contributed by atoms with Crippen LogP contribution in [0.1, 0.15) is 25.7 Å². The van der Waals surface area contributed by atoms with Crippen LogP contribution in [0.4, 0.5) is 0 Å². The number of hydrogen-bond donors (Lipinski definition) is 0. The highest BCUT2D eigenvalue weighted by Crippen LogP contribution is 2.33. The molecule has 0 aromatic carbocycles. The smallest absolute Gasteiger partial charge is 0.281 e. The Morgan fingerprint density at radius 2 is 1.37 bits per heavy atom. The summed E-state index contributed by atoms with van der Waals surface area (Å²) in [6, 6.07) is 0. The first-order valence-electron chi connectivity index (χ1n) is 9.90. The van der Waals surface area contributed by atoms with Crippen molar-refractivity contribution in [2.45, 2.75) is 31.5 Å². The van der Waals surface area contributed by atoms with Crippen molar-refractivity contribution in [3.63, 3.8) is 0 Å². The Balaban J connectivity index is 1.30. The molecule has 1 spiro atoms. The van der Waals surface area contributed by atoms with Crippen LogP contribution in [0.5, 0.6) is 0 Å². The van der Waals surface area contributed by atoms with E-state index in [1.54, 1.807) is 0 Å². The predicted molar refractivity (Wildman–Crippen MR) is 96.1 cm³/mol. The summed E-state index contributed by atoms with van der Waals surface area (Å²) >= 11 is 0. The largest absolute Gasteiger partial charge is 0.378 e. The summed E-state index contributed by atoms with van der Waals surface area (Å²) in [6.45, 7) is 5.23. The van der Waals surface area contributed by atoms with Gasteiger partial charge in [-0.15, -0.1) is 0 Å². The molecule has 1 amide bonds. The third-order valence-electron chi connectivity index (χ3n) is 6.08. The molecule has 4 saturated heterocycles. The number of rotatable bonds is 3. The molecule has 0 atom stereocenters. The van der Waals surface area contributed by atoms with Gasteiger partial charge in [-0.2, -0.15) is 17.0 Å². The molecule has 0 aromatic rings. The van der Waals surface area contributed by atoms with Crippen molar-refractivity contribution in [3.05, 3.63) is 0 Å². The number of hydrogen-bond acceptors (Lipinski definition) is 6. The average Bonchev–Trinajstić information content (AvgIpc) is 3.16. The second-order valence-corrected chi connectivity index (χ2v) is 9.55. The maximum Gasteiger partial charge on any atom is 0.281 e. The number of carbonyl (C=O) groups excluding carboxylic acids is 1. The molecule has 4 fully saturated rings. The first-order chi connectivity index (χ1) is 13.0. The van der Waals surface area contributed by atoms with E-state index in [2.05, 4.69) is 0 Å². The van der Waals surface area contributed by atoms with E-state index in [1.165, 1.54) is 8.61 Å². The molecule has 0 aromatic heterocycles. The molecule has 4 heterocycles. The molecule has 0 unspecified atom stereocenters. The second kappa shape index (κ2) is 7.92. The van der Waals surface area contributed by atoms with Gasteiger partial charge in [0.15, 0.2) is 5.79 Å². The molecule has 4 aliphatic rings. The zero-order valence-corrected chi connectivity index (χ0v) is 16.5. The fraction of sp³-hybridized carbons (Fsp3) is 0.941. The lowest BCUT2D eigenvalue weighted by Gasteiger charge is -2.40. The summed E-state index contributed by atoms with van der Waals surface area (Å²) in [7, 11) is -3.49. The summed E-state index contributed by atoms with van der Waals surface area (Å²) in [5, 5.41) is 0. The topological polar surface area (TPSA) is 88.6 Å². The molecule has 10 heteroatoms. The second-order valence-electron chi connectivity index (χ2n) is 7.63. The lowest BCUT2D eigenvalue weighted by Crippen LogP contribution is -2.54. The molecule has 0 radical (unpaired) electrons. The van der Waals surface area contributed by atoms with Gasteiger partial charge in [-0.3, -0.25) is 4.79 Å². The van der Waals surface area contributed by atoms with Crippen molar-refractivity contribution >= 4 is 16.1 Å². The SMILES string of the molecule is O=C(C1CCN(S(=O)(=O)N2CCC3(CC2)OCCO3)CC1)N1CCOCC1. The predicted octanol–water partition coefficient (Wildman–Crippen LogP) is -0.359. The molecule has 0 aliphatic carbocycles. The lowest BCUT2D eigenvalue weighted by atomic mass is 9.96. The van der Waals surface area contributed by atoms with E-state index in [-0.39, 0.29) is 11.8 Å². The molecule has 4 rings (SSSR count). The Bertz CT molecular complexity index is 627. The minimum atomic E-state index is -3.49. The Morgan fingerprint density at radius 3 is 1.96 bits per heavy atom. The van der Waals surface area contributed by atoms with Gasteiger partial charge in [0.1, 0.15) is 0 Å². The van der Waals surface area contributed by atoms with E-state index in [1.807, 2.05) is 4.90 Å². The van der Waals surface area contributed by atoms with E-state index >= 15 is 0 Å². The molecular weight excluding hydrogens is 374 g/mol. The van der Waals surface area contributed by atoms with Gasteiger partial charge in [-0.25, -0.2) is 0 Å². The Morgan fingerprint density at radius 1 is 0.815 bits per heavy atom. The van der Waals surface area contributed by atoms with Crippen LogP contribution in [0, 0.1) is 5.92 Å². The fourth-order valence-corrected chi connectivity index (χ4v) is 6.02. The summed E-state index contributed by atoms with van der Waals surface area (Å²) < 4.78 is 45.7. The number of nitrogens with zero attached hydrogens (tertiary/aromatic N) is 3. The van der Waals surface area contributed by atoms with Crippen LogP contribution in [0.15, 0.2) is 0 Å². The monoisotopic (exact) mass is 403 g/mol. The summed E-state index contributed by atoms with van der Waals surface area (Å²) in [5.41, 5.74) is 0. The van der Waals surface area contributed by atoms with Crippen LogP contribution in [-0.2, 0) is 29.2 Å². The zero-order chi connectivity index (χ0) is 18.9. The third kappa shape index (κ3) is 4.01. The molecule has 4 aliphatic heterocycles. The summed E-state index contributed by atoms with van der Waals surface area (Å²) in [5.74, 6) is -0.519. The van der Waals surface area contributed by atoms with Gasteiger partial charge in [-0.1, -0.05) is 0 Å². The van der Waals surface area contributed by atoms with Crippen molar-refractivity contribution in [1.29, 1.82) is 0 Å². The fourth-order valence-electron chi connectivity index (χ4n) is 4.38. The van der Waals surface area contributed by atoms with Gasteiger partial charge in [0.2, 0.25) is 5.91 Å². The Kier molecular flexibility index (Phi) is 5.73. The maximum atomic E-state index is 13.0. The first-order valence-corrected chi connectivity index (χ1v) is 11.3. The van der Waals surface area contributed by atoms with Gasteiger partial charge in [0.25, 0.3) is 10.2 Å². The molecule has 9 nitrogen and oxygen atoms in total. The highest BCUT2D eigenvalue weighted by Gasteiger charge is 2.44. The summed E-state index contributed by atoms with van der Waals surface area (Å²) in [4.78, 5) is 14.5. The Labute approximate surface area is 160 Å². The number of carbonyl (C=O) groups is 1. The normalized spacial score (nSPS) is 28.7. The van der Waals surface area contributed by atoms with E-state index in [0.29, 0.717) is 91.4 Å². The zero-order valence-electron chi connectivity index (χ0n) is 15.7. The van der Waals surface area contributed by atoms with Crippen LogP contribution < -0.4 is 0 Å². The van der Waals surface area contributed by atoms with Gasteiger partial charge >= 0.3 is 0 Å². The van der Waals surface area contributed by atoms with Crippen LogP contribution in [0.3, 0.4) is 0 Å². The molecule has 0 saturated carbocycles. The standard InChI is InChI=1S/C17H29N3O6S/c21-16(18-9-11-24-12-10-18)15-1-5-19(6-2-15)27(22,23)20-7-3-17(4-8-20)25-13-14-26-17/h15H,1-14H2. The summed E-state index contributed by atoms with van der Waals surface area (Å²) in [6.07, 6.45) is 2.30. The molecule has 0 N–H and O–H groups in total. The van der Waals surface area contributed by atoms with Crippen molar-refractivity contribution in [2.24, 2.45) is 5.92 Å². The van der Waals surface area contributed by atoms with Crippen molar-refractivity contribution < 1.29 is 27.4 Å². The van der Waals surface area contributed by atoms with Crippen molar-refractivity contribution in [3.8, 4) is 0 Å². The molecule has 154 valence electrons. The van der Waals surface area contributed by atoms with Gasteiger partial charge in [-0.05, 0) is 12.8 Å². The van der Waals surface area contributed by atoms with Crippen LogP contribution in [0.25, 0.3) is 0 Å². The third-order valence-corrected chi connectivity index (χ3v) is 8.11. The average molecular weight is 404 g/mol. The highest BCUT2D eigenvalue weighted by molar-refractivity contribution is 7.86. The van der Waals surface area contributed by atoms with E-state index < -0.39 is 16.0 Å². The molecular formula is C17H29N3O6S. The van der Waals surface area contributed by atoms with E-state index in [9.17, 15) is 13.2 Å². The van der Waals surface area contributed by atoms with Gasteiger partial charge < -0.3 is 19.1 Å². The highest BCUT2D eigenvalue weighted by atomic mass is 32.2. The van der Waals surface area contributed by atoms with E-state index in [0.717, 1.165) is 0 Å². The number of amides is 1. The number of piperidine rings is 2. The van der Waals surface area contributed by atoms with Gasteiger partial charge in [0.05, 0.1) is 26.4 Å². The van der Waals surface area contributed by atoms with Crippen LogP contribution >= 0.6 is 0 Å². The van der Waals surface area contributed by atoms with Crippen LogP contribution in [-0.4, -0.2) is 99.3 Å². The van der Waals surface area contributed by atoms with Crippen molar-refractivity contribution in [1.82, 2.24) is 13.5 Å². The molecule has 0 bridgehead atoms. The maximum absolute atomic E-state index is 13.0. The molecule has 27 heavy (non-hydrogen) atoms. The van der Waals surface area contributed by atoms with Crippen LogP contribution in [0.2, 0.25) is 0 Å². The van der Waals surface area contributed by atoms with Gasteiger partial charge in [0, 0.05) is 58.0 Å². The first kappa shape index (κ1) is 19.5. The number of ether oxygens (including phenoxy) is 3. The Hall–Kier alpha value is -0.780. The van der Waals surface area contributed by atoms with Crippen molar-refractivity contribution in [2.75, 3.05) is 65.7 Å². The quantitative estimate of drug-likeness (QED) is 0.640. The minimum absolute atomic E-state index is 0.0838.